The summed E-state index contributed by atoms with van der Waals surface area (Å²) in [6, 6.07) is 8.65. The van der Waals surface area contributed by atoms with E-state index in [4.69, 9.17) is 0 Å². The van der Waals surface area contributed by atoms with Gasteiger partial charge in [0.25, 0.3) is 0 Å². The second-order valence-electron chi connectivity index (χ2n) is 7.88. The van der Waals surface area contributed by atoms with Crippen LogP contribution in [0.25, 0.3) is 0 Å². The van der Waals surface area contributed by atoms with Crippen LogP contribution in [0, 0.1) is 0 Å². The van der Waals surface area contributed by atoms with Crippen LogP contribution in [0.1, 0.15) is 40.2 Å². The van der Waals surface area contributed by atoms with E-state index in [1.54, 1.807) is 0 Å². The topological polar surface area (TPSA) is 77.0 Å². The highest BCUT2D eigenvalue weighted by atomic mass is 32.2. The van der Waals surface area contributed by atoms with E-state index >= 15 is 0 Å². The molecule has 164 valence electrons. The van der Waals surface area contributed by atoms with Crippen molar-refractivity contribution in [1.29, 1.82) is 0 Å². The third-order valence-corrected chi connectivity index (χ3v) is 6.90. The Morgan fingerprint density at radius 3 is 2.52 bits per heavy atom. The standard InChI is InChI=1S/C21H37N5O2S/c1-6-22-21(23-12-15-25(17(2)3)18(4)5)24-13-16-29(27,28)26-14-11-19-9-7-8-10-20(19)26/h7-10,17-18H,6,11-16H2,1-5H3,(H2,22,23,24). The highest BCUT2D eigenvalue weighted by Gasteiger charge is 2.28. The van der Waals surface area contributed by atoms with Crippen molar-refractivity contribution in [2.75, 3.05) is 42.8 Å². The van der Waals surface area contributed by atoms with Crippen LogP contribution < -0.4 is 14.9 Å². The number of benzene rings is 1. The van der Waals surface area contributed by atoms with E-state index in [0.717, 1.165) is 30.8 Å². The molecule has 0 aliphatic carbocycles. The number of aliphatic imine (C=N–C) groups is 1. The molecule has 0 aromatic heterocycles. The molecule has 29 heavy (non-hydrogen) atoms. The van der Waals surface area contributed by atoms with Crippen LogP contribution in [-0.2, 0) is 16.4 Å². The van der Waals surface area contributed by atoms with Gasteiger partial charge in [0.2, 0.25) is 10.0 Å². The van der Waals surface area contributed by atoms with E-state index in [9.17, 15) is 8.42 Å². The molecule has 0 unspecified atom stereocenters. The number of nitrogens with zero attached hydrogens (tertiary/aromatic N) is 3. The molecule has 0 amide bonds. The maximum atomic E-state index is 12.8. The van der Waals surface area contributed by atoms with E-state index in [-0.39, 0.29) is 5.75 Å². The first-order valence-corrected chi connectivity index (χ1v) is 12.2. The molecular weight excluding hydrogens is 386 g/mol. The van der Waals surface area contributed by atoms with Gasteiger partial charge in [-0.2, -0.15) is 0 Å². The van der Waals surface area contributed by atoms with E-state index in [1.807, 2.05) is 31.2 Å². The molecule has 0 radical (unpaired) electrons. The summed E-state index contributed by atoms with van der Waals surface area (Å²) in [5, 5.41) is 6.37. The summed E-state index contributed by atoms with van der Waals surface area (Å²) < 4.78 is 27.2. The normalized spacial score (nSPS) is 14.8. The van der Waals surface area contributed by atoms with Crippen LogP contribution >= 0.6 is 0 Å². The minimum Gasteiger partial charge on any atom is -0.357 e. The zero-order chi connectivity index (χ0) is 21.4. The lowest BCUT2D eigenvalue weighted by Gasteiger charge is -2.29. The predicted molar refractivity (Wildman–Crippen MR) is 122 cm³/mol. The molecule has 0 bridgehead atoms. The highest BCUT2D eigenvalue weighted by molar-refractivity contribution is 7.92. The number of hydrogen-bond acceptors (Lipinski definition) is 4. The number of para-hydroxylation sites is 1. The van der Waals surface area contributed by atoms with Gasteiger partial charge in [-0.15, -0.1) is 0 Å². The molecule has 0 spiro atoms. The van der Waals surface area contributed by atoms with Crippen LogP contribution in [0.5, 0.6) is 0 Å². The Kier molecular flexibility index (Phi) is 8.77. The summed E-state index contributed by atoms with van der Waals surface area (Å²) in [7, 11) is -3.36. The number of nitrogens with one attached hydrogen (secondary N) is 2. The third kappa shape index (κ3) is 6.60. The molecule has 1 heterocycles. The van der Waals surface area contributed by atoms with Crippen molar-refractivity contribution in [2.45, 2.75) is 53.1 Å². The first-order valence-electron chi connectivity index (χ1n) is 10.6. The molecule has 1 aromatic rings. The lowest BCUT2D eigenvalue weighted by Crippen LogP contribution is -2.43. The molecular formula is C21H37N5O2S. The SMILES string of the molecule is CCNC(=NCCN(C(C)C)C(C)C)NCCS(=O)(=O)N1CCc2ccccc21. The fourth-order valence-corrected chi connectivity index (χ4v) is 5.16. The average Bonchev–Trinajstić information content (AvgIpc) is 3.09. The summed E-state index contributed by atoms with van der Waals surface area (Å²) in [4.78, 5) is 7.01. The molecule has 0 atom stereocenters. The van der Waals surface area contributed by atoms with Crippen molar-refractivity contribution in [2.24, 2.45) is 4.99 Å². The second kappa shape index (κ2) is 10.8. The molecule has 0 saturated carbocycles. The van der Waals surface area contributed by atoms with Gasteiger partial charge >= 0.3 is 0 Å². The minimum atomic E-state index is -3.36. The maximum Gasteiger partial charge on any atom is 0.236 e. The Hall–Kier alpha value is -1.80. The Morgan fingerprint density at radius 2 is 1.86 bits per heavy atom. The van der Waals surface area contributed by atoms with Crippen molar-refractivity contribution in [3.05, 3.63) is 29.8 Å². The quantitative estimate of drug-likeness (QED) is 0.445. The average molecular weight is 424 g/mol. The summed E-state index contributed by atoms with van der Waals surface area (Å²) in [6.07, 6.45) is 0.773. The molecule has 8 heteroatoms. The van der Waals surface area contributed by atoms with Gasteiger partial charge in [0.1, 0.15) is 0 Å². The molecule has 1 aromatic carbocycles. The van der Waals surface area contributed by atoms with Gasteiger partial charge in [-0.25, -0.2) is 8.42 Å². The monoisotopic (exact) mass is 423 g/mol. The van der Waals surface area contributed by atoms with E-state index in [1.165, 1.54) is 4.31 Å². The number of guanidine groups is 1. The Balaban J connectivity index is 1.90. The predicted octanol–water partition coefficient (Wildman–Crippen LogP) is 2.05. The Morgan fingerprint density at radius 1 is 1.17 bits per heavy atom. The van der Waals surface area contributed by atoms with E-state index < -0.39 is 10.0 Å². The molecule has 2 N–H and O–H groups in total. The number of sulfonamides is 1. The van der Waals surface area contributed by atoms with Gasteiger partial charge in [0, 0.05) is 38.3 Å². The zero-order valence-corrected chi connectivity index (χ0v) is 19.3. The molecule has 1 aliphatic heterocycles. The largest absolute Gasteiger partial charge is 0.357 e. The minimum absolute atomic E-state index is 0.0376. The molecule has 0 fully saturated rings. The van der Waals surface area contributed by atoms with Crippen LogP contribution in [-0.4, -0.2) is 69.8 Å². The summed E-state index contributed by atoms with van der Waals surface area (Å²) in [6.45, 7) is 13.9. The zero-order valence-electron chi connectivity index (χ0n) is 18.5. The number of anilines is 1. The van der Waals surface area contributed by atoms with Gasteiger partial charge in [-0.1, -0.05) is 18.2 Å². The molecule has 2 rings (SSSR count). The van der Waals surface area contributed by atoms with Gasteiger partial charge < -0.3 is 10.6 Å². The van der Waals surface area contributed by atoms with Gasteiger partial charge in [0.15, 0.2) is 5.96 Å². The molecule has 7 nitrogen and oxygen atoms in total. The number of fused-ring (bicyclic) bond motifs is 1. The Bertz CT molecular complexity index is 769. The van der Waals surface area contributed by atoms with Crippen LogP contribution in [0.4, 0.5) is 5.69 Å². The lowest BCUT2D eigenvalue weighted by molar-refractivity contribution is 0.181. The van der Waals surface area contributed by atoms with Gasteiger partial charge in [-0.05, 0) is 52.7 Å². The van der Waals surface area contributed by atoms with Crippen LogP contribution in [0.2, 0.25) is 0 Å². The summed E-state index contributed by atoms with van der Waals surface area (Å²) in [5.41, 5.74) is 1.91. The first-order chi connectivity index (χ1) is 13.8. The van der Waals surface area contributed by atoms with E-state index in [2.05, 4.69) is 48.2 Å². The molecule has 1 aliphatic rings. The lowest BCUT2D eigenvalue weighted by atomic mass is 10.2. The van der Waals surface area contributed by atoms with Gasteiger partial charge in [0.05, 0.1) is 18.0 Å². The highest BCUT2D eigenvalue weighted by Crippen LogP contribution is 2.29. The van der Waals surface area contributed by atoms with Crippen molar-refractivity contribution >= 4 is 21.7 Å². The number of hydrogen-bond donors (Lipinski definition) is 2. The summed E-state index contributed by atoms with van der Waals surface area (Å²) >= 11 is 0. The van der Waals surface area contributed by atoms with E-state index in [0.29, 0.717) is 37.7 Å². The maximum absolute atomic E-state index is 12.8. The van der Waals surface area contributed by atoms with Gasteiger partial charge in [-0.3, -0.25) is 14.2 Å². The third-order valence-electron chi connectivity index (χ3n) is 5.13. The number of rotatable bonds is 10. The summed E-state index contributed by atoms with van der Waals surface area (Å²) in [5.74, 6) is 0.701. The van der Waals surface area contributed by atoms with Crippen molar-refractivity contribution in [3.8, 4) is 0 Å². The van der Waals surface area contributed by atoms with Crippen LogP contribution in [0.3, 0.4) is 0 Å². The van der Waals surface area contributed by atoms with Crippen molar-refractivity contribution in [3.63, 3.8) is 0 Å². The second-order valence-corrected chi connectivity index (χ2v) is 9.89. The van der Waals surface area contributed by atoms with Crippen LogP contribution in [0.15, 0.2) is 29.3 Å². The Labute approximate surface area is 176 Å². The van der Waals surface area contributed by atoms with Crippen molar-refractivity contribution in [1.82, 2.24) is 15.5 Å². The fraction of sp³-hybridized carbons (Fsp3) is 0.667. The van der Waals surface area contributed by atoms with Crippen molar-refractivity contribution < 1.29 is 8.42 Å². The smallest absolute Gasteiger partial charge is 0.236 e. The first kappa shape index (κ1) is 23.5. The fourth-order valence-electron chi connectivity index (χ4n) is 3.74. The molecule has 0 saturated heterocycles.